The molecule has 1 atom stereocenters. The van der Waals surface area contributed by atoms with Gasteiger partial charge >= 0.3 is 12.1 Å². The molecule has 0 bridgehead atoms. The van der Waals surface area contributed by atoms with E-state index in [9.17, 15) is 19.2 Å². The van der Waals surface area contributed by atoms with Crippen molar-refractivity contribution in [1.82, 2.24) is 24.9 Å². The van der Waals surface area contributed by atoms with Gasteiger partial charge in [0.15, 0.2) is 0 Å². The summed E-state index contributed by atoms with van der Waals surface area (Å²) in [5.41, 5.74) is 2.48. The number of piperidine rings is 3. The number of hydrogen-bond donors (Lipinski definition) is 3. The molecule has 6 rings (SSSR count). The van der Waals surface area contributed by atoms with Gasteiger partial charge in [0.1, 0.15) is 11.8 Å². The third kappa shape index (κ3) is 8.21. The minimum atomic E-state index is -0.992. The molecule has 4 aliphatic rings. The molecule has 6 amide bonds. The summed E-state index contributed by atoms with van der Waals surface area (Å²) in [6.07, 6.45) is 6.71. The van der Waals surface area contributed by atoms with Crippen LogP contribution in [0.3, 0.4) is 0 Å². The second kappa shape index (κ2) is 15.7. The number of hydrogen-bond acceptors (Lipinski definition) is 6. The molecule has 3 fully saturated rings. The van der Waals surface area contributed by atoms with E-state index in [0.29, 0.717) is 69.7 Å². The van der Waals surface area contributed by atoms with Crippen molar-refractivity contribution in [3.8, 4) is 5.75 Å². The van der Waals surface area contributed by atoms with Crippen LogP contribution in [0.15, 0.2) is 48.5 Å². The van der Waals surface area contributed by atoms with Gasteiger partial charge in [0, 0.05) is 56.2 Å². The summed E-state index contributed by atoms with van der Waals surface area (Å²) in [6, 6.07) is 13.7. The minimum absolute atomic E-state index is 0.0130. The lowest BCUT2D eigenvalue weighted by molar-refractivity contribution is -0.140. The van der Waals surface area contributed by atoms with Crippen LogP contribution in [0.25, 0.3) is 0 Å². The van der Waals surface area contributed by atoms with Gasteiger partial charge in [0.25, 0.3) is 0 Å². The fourth-order valence-electron chi connectivity index (χ4n) is 7.53. The van der Waals surface area contributed by atoms with Gasteiger partial charge in [-0.1, -0.05) is 24.6 Å². The van der Waals surface area contributed by atoms with Gasteiger partial charge in [0.05, 0.1) is 13.0 Å². The van der Waals surface area contributed by atoms with Crippen LogP contribution < -0.4 is 20.7 Å². The maximum absolute atomic E-state index is 13.9. The average Bonchev–Trinajstić information content (AvgIpc) is 3.12. The van der Waals surface area contributed by atoms with Crippen LogP contribution in [0.2, 0.25) is 0 Å². The highest BCUT2D eigenvalue weighted by atomic mass is 16.5. The quantitative estimate of drug-likeness (QED) is 0.365. The fourth-order valence-corrected chi connectivity index (χ4v) is 7.53. The van der Waals surface area contributed by atoms with Crippen molar-refractivity contribution in [2.24, 2.45) is 0 Å². The number of carbonyl (C=O) groups excluding carboxylic acids is 4. The Bertz CT molecular complexity index is 1430. The molecule has 12 heteroatoms. The number of nitrogens with one attached hydrogen (secondary N) is 3. The van der Waals surface area contributed by atoms with Gasteiger partial charge in [0.2, 0.25) is 11.8 Å². The number of para-hydroxylation sites is 1. The molecule has 0 spiro atoms. The second-order valence-corrected chi connectivity index (χ2v) is 13.3. The van der Waals surface area contributed by atoms with Crippen LogP contribution in [-0.4, -0.2) is 107 Å². The first kappa shape index (κ1) is 33.6. The molecular formula is C36H49N7O5. The SMILES string of the molecule is CCOc1ccc(NC(=O)NC(CC(=O)N2CCC(N3Cc4ccccc4NC3=O)CC2)C(=O)N2CCC(N3CCCCC3)CC2)cc1. The molecular weight excluding hydrogens is 610 g/mol. The molecule has 0 aliphatic carbocycles. The van der Waals surface area contributed by atoms with Crippen molar-refractivity contribution in [2.45, 2.75) is 83.0 Å². The number of benzene rings is 2. The van der Waals surface area contributed by atoms with Gasteiger partial charge in [-0.2, -0.15) is 0 Å². The van der Waals surface area contributed by atoms with Crippen LogP contribution in [-0.2, 0) is 16.1 Å². The van der Waals surface area contributed by atoms with Crippen molar-refractivity contribution in [3.63, 3.8) is 0 Å². The molecule has 0 radical (unpaired) electrons. The third-order valence-electron chi connectivity index (χ3n) is 10.2. The van der Waals surface area contributed by atoms with E-state index in [1.165, 1.54) is 19.3 Å². The maximum Gasteiger partial charge on any atom is 0.322 e. The number of carbonyl (C=O) groups is 4. The molecule has 0 saturated carbocycles. The Hall–Kier alpha value is -4.32. The van der Waals surface area contributed by atoms with E-state index in [1.54, 1.807) is 29.2 Å². The molecule has 2 aromatic carbocycles. The number of likely N-dealkylation sites (tertiary alicyclic amines) is 3. The zero-order chi connectivity index (χ0) is 33.5. The topological polar surface area (TPSA) is 127 Å². The first-order valence-corrected chi connectivity index (χ1v) is 17.6. The maximum atomic E-state index is 13.9. The molecule has 0 aromatic heterocycles. The lowest BCUT2D eigenvalue weighted by Crippen LogP contribution is -2.56. The number of urea groups is 2. The van der Waals surface area contributed by atoms with Gasteiger partial charge in [-0.05, 0) is 94.4 Å². The summed E-state index contributed by atoms with van der Waals surface area (Å²) in [6.45, 7) is 7.41. The van der Waals surface area contributed by atoms with E-state index < -0.39 is 12.1 Å². The van der Waals surface area contributed by atoms with Crippen LogP contribution in [0, 0.1) is 0 Å². The molecule has 2 aromatic rings. The normalized spacial score (nSPS) is 20.0. The summed E-state index contributed by atoms with van der Waals surface area (Å²) in [5.74, 6) is 0.301. The van der Waals surface area contributed by atoms with Gasteiger partial charge in [-0.25, -0.2) is 9.59 Å². The van der Waals surface area contributed by atoms with Crippen molar-refractivity contribution in [1.29, 1.82) is 0 Å². The third-order valence-corrected chi connectivity index (χ3v) is 10.2. The lowest BCUT2D eigenvalue weighted by Gasteiger charge is -2.41. The number of fused-ring (bicyclic) bond motifs is 1. The van der Waals surface area contributed by atoms with Crippen molar-refractivity contribution >= 4 is 35.3 Å². The van der Waals surface area contributed by atoms with Crippen LogP contribution in [0.4, 0.5) is 21.0 Å². The second-order valence-electron chi connectivity index (χ2n) is 13.3. The minimum Gasteiger partial charge on any atom is -0.494 e. The van der Waals surface area contributed by atoms with Gasteiger partial charge in [-0.15, -0.1) is 0 Å². The van der Waals surface area contributed by atoms with Crippen molar-refractivity contribution in [2.75, 3.05) is 56.5 Å². The monoisotopic (exact) mass is 659 g/mol. The van der Waals surface area contributed by atoms with E-state index in [0.717, 1.165) is 37.2 Å². The fraction of sp³-hybridized carbons (Fsp3) is 0.556. The predicted octanol–water partition coefficient (Wildman–Crippen LogP) is 4.48. The highest BCUT2D eigenvalue weighted by molar-refractivity contribution is 5.96. The first-order chi connectivity index (χ1) is 23.4. The molecule has 4 heterocycles. The van der Waals surface area contributed by atoms with Crippen molar-refractivity contribution in [3.05, 3.63) is 54.1 Å². The van der Waals surface area contributed by atoms with E-state index in [4.69, 9.17) is 4.74 Å². The number of anilines is 2. The van der Waals surface area contributed by atoms with Crippen LogP contribution >= 0.6 is 0 Å². The van der Waals surface area contributed by atoms with Crippen LogP contribution in [0.5, 0.6) is 5.75 Å². The zero-order valence-corrected chi connectivity index (χ0v) is 28.0. The van der Waals surface area contributed by atoms with Crippen molar-refractivity contribution < 1.29 is 23.9 Å². The number of amides is 6. The number of nitrogens with zero attached hydrogens (tertiary/aromatic N) is 4. The van der Waals surface area contributed by atoms with E-state index in [2.05, 4.69) is 20.9 Å². The molecule has 12 nitrogen and oxygen atoms in total. The Labute approximate surface area is 283 Å². The molecule has 4 aliphatic heterocycles. The smallest absolute Gasteiger partial charge is 0.322 e. The highest BCUT2D eigenvalue weighted by Gasteiger charge is 2.36. The highest BCUT2D eigenvalue weighted by Crippen LogP contribution is 2.28. The first-order valence-electron chi connectivity index (χ1n) is 17.6. The molecule has 48 heavy (non-hydrogen) atoms. The van der Waals surface area contributed by atoms with E-state index in [-0.39, 0.29) is 30.3 Å². The molecule has 258 valence electrons. The summed E-state index contributed by atoms with van der Waals surface area (Å²) in [4.78, 5) is 61.6. The Morgan fingerprint density at radius 2 is 1.52 bits per heavy atom. The summed E-state index contributed by atoms with van der Waals surface area (Å²) in [5, 5.41) is 8.62. The Morgan fingerprint density at radius 3 is 2.23 bits per heavy atom. The van der Waals surface area contributed by atoms with E-state index >= 15 is 0 Å². The number of ether oxygens (including phenoxy) is 1. The Morgan fingerprint density at radius 1 is 0.854 bits per heavy atom. The standard InChI is InChI=1S/C36H49N7O5/c1-2-48-30-12-10-27(11-13-30)37-35(46)38-32(34(45)42-22-14-28(15-23-42)40-18-6-3-7-19-40)24-33(44)41-20-16-29(17-21-41)43-25-26-8-4-5-9-31(26)39-36(43)47/h4-5,8-13,28-29,32H,2-3,6-7,14-25H2,1H3,(H,39,47)(H2,37,38,46). The predicted molar refractivity (Wildman–Crippen MR) is 184 cm³/mol. The molecule has 1 unspecified atom stereocenters. The average molecular weight is 660 g/mol. The van der Waals surface area contributed by atoms with Gasteiger partial charge in [-0.3, -0.25) is 9.59 Å². The summed E-state index contributed by atoms with van der Waals surface area (Å²) >= 11 is 0. The van der Waals surface area contributed by atoms with Crippen LogP contribution in [0.1, 0.15) is 63.9 Å². The zero-order valence-electron chi connectivity index (χ0n) is 28.0. The number of rotatable bonds is 9. The summed E-state index contributed by atoms with van der Waals surface area (Å²) in [7, 11) is 0. The largest absolute Gasteiger partial charge is 0.494 e. The lowest BCUT2D eigenvalue weighted by atomic mass is 9.98. The Kier molecular flexibility index (Phi) is 11.0. The van der Waals surface area contributed by atoms with Gasteiger partial charge < -0.3 is 40.3 Å². The van der Waals surface area contributed by atoms with E-state index in [1.807, 2.05) is 41.0 Å². The molecule has 3 N–H and O–H groups in total. The molecule has 3 saturated heterocycles. The summed E-state index contributed by atoms with van der Waals surface area (Å²) < 4.78 is 5.49. The Balaban J connectivity index is 1.07.